The molecular weight excluding hydrogens is 164 g/mol. The van der Waals surface area contributed by atoms with Crippen molar-refractivity contribution in [3.8, 4) is 5.88 Å². The number of nitrogens with zero attached hydrogens (tertiary/aromatic N) is 2. The van der Waals surface area contributed by atoms with E-state index in [0.29, 0.717) is 6.61 Å². The van der Waals surface area contributed by atoms with Gasteiger partial charge in [0, 0.05) is 19.2 Å². The van der Waals surface area contributed by atoms with E-state index in [2.05, 4.69) is 23.0 Å². The van der Waals surface area contributed by atoms with Gasteiger partial charge in [0.05, 0.1) is 12.3 Å². The summed E-state index contributed by atoms with van der Waals surface area (Å²) in [6, 6.07) is 4.05. The van der Waals surface area contributed by atoms with Crippen LogP contribution < -0.4 is 4.74 Å². The van der Waals surface area contributed by atoms with E-state index in [1.165, 1.54) is 5.56 Å². The molecule has 2 heterocycles. The quantitative estimate of drug-likeness (QED) is 0.685. The van der Waals surface area contributed by atoms with Gasteiger partial charge >= 0.3 is 0 Å². The van der Waals surface area contributed by atoms with Gasteiger partial charge in [0.25, 0.3) is 0 Å². The van der Waals surface area contributed by atoms with Crippen molar-refractivity contribution in [2.75, 3.05) is 13.7 Å². The van der Waals surface area contributed by atoms with Gasteiger partial charge in [-0.2, -0.15) is 0 Å². The molecule has 3 heteroatoms. The molecule has 13 heavy (non-hydrogen) atoms. The molecule has 0 atom stereocenters. The van der Waals surface area contributed by atoms with E-state index in [-0.39, 0.29) is 0 Å². The molecular formula is C10H14N2O. The molecule has 70 valence electrons. The van der Waals surface area contributed by atoms with Gasteiger partial charge in [0.2, 0.25) is 5.88 Å². The molecule has 0 aliphatic carbocycles. The third-order valence-corrected chi connectivity index (χ3v) is 2.20. The number of hydrogen-bond acceptors (Lipinski definition) is 3. The highest BCUT2D eigenvalue weighted by molar-refractivity contribution is 5.28. The Morgan fingerprint density at radius 1 is 1.46 bits per heavy atom. The Hall–Kier alpha value is -1.09. The normalized spacial score (nSPS) is 15.8. The summed E-state index contributed by atoms with van der Waals surface area (Å²) in [5.74, 6) is 0.747. The highest BCUT2D eigenvalue weighted by Gasteiger charge is 2.16. The molecule has 0 saturated heterocycles. The molecule has 0 aromatic carbocycles. The SMILES string of the molecule is CCOc1ccc2c(n1)CN(C)C2. The van der Waals surface area contributed by atoms with Crippen molar-refractivity contribution in [2.45, 2.75) is 20.0 Å². The number of hydrogen-bond donors (Lipinski definition) is 0. The van der Waals surface area contributed by atoms with E-state index < -0.39 is 0 Å². The zero-order chi connectivity index (χ0) is 9.26. The second kappa shape index (κ2) is 3.34. The molecule has 0 bridgehead atoms. The van der Waals surface area contributed by atoms with Gasteiger partial charge in [0.1, 0.15) is 0 Å². The highest BCUT2D eigenvalue weighted by atomic mass is 16.5. The summed E-state index contributed by atoms with van der Waals surface area (Å²) < 4.78 is 5.34. The van der Waals surface area contributed by atoms with Crippen LogP contribution in [0.3, 0.4) is 0 Å². The third-order valence-electron chi connectivity index (χ3n) is 2.20. The summed E-state index contributed by atoms with van der Waals surface area (Å²) >= 11 is 0. The first-order valence-electron chi connectivity index (χ1n) is 4.59. The van der Waals surface area contributed by atoms with Crippen LogP contribution in [0, 0.1) is 0 Å². The van der Waals surface area contributed by atoms with Crippen molar-refractivity contribution in [3.05, 3.63) is 23.4 Å². The fourth-order valence-electron chi connectivity index (χ4n) is 1.62. The van der Waals surface area contributed by atoms with Crippen LogP contribution in [0.15, 0.2) is 12.1 Å². The lowest BCUT2D eigenvalue weighted by Gasteiger charge is -2.03. The fourth-order valence-corrected chi connectivity index (χ4v) is 1.62. The molecule has 0 spiro atoms. The van der Waals surface area contributed by atoms with Crippen molar-refractivity contribution in [2.24, 2.45) is 0 Å². The average molecular weight is 178 g/mol. The van der Waals surface area contributed by atoms with Gasteiger partial charge < -0.3 is 4.74 Å². The number of ether oxygens (including phenoxy) is 1. The maximum Gasteiger partial charge on any atom is 0.213 e. The fraction of sp³-hybridized carbons (Fsp3) is 0.500. The Labute approximate surface area is 78.3 Å². The second-order valence-electron chi connectivity index (χ2n) is 3.36. The van der Waals surface area contributed by atoms with Gasteiger partial charge in [-0.15, -0.1) is 0 Å². The standard InChI is InChI=1S/C10H14N2O/c1-3-13-10-5-4-8-6-12(2)7-9(8)11-10/h4-5H,3,6-7H2,1-2H3. The summed E-state index contributed by atoms with van der Waals surface area (Å²) in [5, 5.41) is 0. The van der Waals surface area contributed by atoms with Crippen molar-refractivity contribution in [3.63, 3.8) is 0 Å². The topological polar surface area (TPSA) is 25.4 Å². The van der Waals surface area contributed by atoms with Crippen molar-refractivity contribution < 1.29 is 4.74 Å². The molecule has 0 saturated carbocycles. The molecule has 3 nitrogen and oxygen atoms in total. The van der Waals surface area contributed by atoms with Crippen molar-refractivity contribution in [1.82, 2.24) is 9.88 Å². The average Bonchev–Trinajstić information content (AvgIpc) is 2.44. The molecule has 1 aromatic heterocycles. The highest BCUT2D eigenvalue weighted by Crippen LogP contribution is 2.21. The zero-order valence-corrected chi connectivity index (χ0v) is 8.08. The molecule has 1 aliphatic heterocycles. The number of fused-ring (bicyclic) bond motifs is 1. The van der Waals surface area contributed by atoms with Gasteiger partial charge in [-0.05, 0) is 19.5 Å². The first kappa shape index (κ1) is 8.51. The van der Waals surface area contributed by atoms with Crippen molar-refractivity contribution >= 4 is 0 Å². The summed E-state index contributed by atoms with van der Waals surface area (Å²) in [7, 11) is 2.10. The Kier molecular flexibility index (Phi) is 2.19. The van der Waals surface area contributed by atoms with Gasteiger partial charge in [0.15, 0.2) is 0 Å². The predicted molar refractivity (Wildman–Crippen MR) is 50.6 cm³/mol. The molecule has 0 fully saturated rings. The zero-order valence-electron chi connectivity index (χ0n) is 8.08. The van der Waals surface area contributed by atoms with Gasteiger partial charge in [-0.3, -0.25) is 4.90 Å². The Balaban J connectivity index is 2.24. The number of pyridine rings is 1. The lowest BCUT2D eigenvalue weighted by molar-refractivity contribution is 0.323. The monoisotopic (exact) mass is 178 g/mol. The predicted octanol–water partition coefficient (Wildman–Crippen LogP) is 1.43. The lowest BCUT2D eigenvalue weighted by Crippen LogP contribution is -2.07. The van der Waals surface area contributed by atoms with Crippen LogP contribution in [0.2, 0.25) is 0 Å². The van der Waals surface area contributed by atoms with E-state index in [1.54, 1.807) is 0 Å². The molecule has 0 N–H and O–H groups in total. The van der Waals surface area contributed by atoms with Gasteiger partial charge in [-0.25, -0.2) is 4.98 Å². The summed E-state index contributed by atoms with van der Waals surface area (Å²) in [6.07, 6.45) is 0. The second-order valence-corrected chi connectivity index (χ2v) is 3.36. The minimum atomic E-state index is 0.682. The Bertz CT molecular complexity index is 312. The maximum atomic E-state index is 5.34. The first-order valence-corrected chi connectivity index (χ1v) is 4.59. The van der Waals surface area contributed by atoms with E-state index in [4.69, 9.17) is 4.74 Å². The van der Waals surface area contributed by atoms with Crippen LogP contribution in [0.1, 0.15) is 18.2 Å². The van der Waals surface area contributed by atoms with E-state index in [1.807, 2.05) is 13.0 Å². The molecule has 2 rings (SSSR count). The van der Waals surface area contributed by atoms with E-state index >= 15 is 0 Å². The number of rotatable bonds is 2. The van der Waals surface area contributed by atoms with Crippen LogP contribution in [0.25, 0.3) is 0 Å². The molecule has 1 aromatic rings. The minimum Gasteiger partial charge on any atom is -0.478 e. The molecule has 1 aliphatic rings. The van der Waals surface area contributed by atoms with Crippen LogP contribution in [-0.2, 0) is 13.1 Å². The van der Waals surface area contributed by atoms with E-state index in [9.17, 15) is 0 Å². The maximum absolute atomic E-state index is 5.34. The molecule has 0 radical (unpaired) electrons. The van der Waals surface area contributed by atoms with Crippen molar-refractivity contribution in [1.29, 1.82) is 0 Å². The van der Waals surface area contributed by atoms with Crippen LogP contribution in [0.4, 0.5) is 0 Å². The van der Waals surface area contributed by atoms with Crippen LogP contribution in [-0.4, -0.2) is 23.5 Å². The van der Waals surface area contributed by atoms with E-state index in [0.717, 1.165) is 24.7 Å². The van der Waals surface area contributed by atoms with Crippen LogP contribution >= 0.6 is 0 Å². The minimum absolute atomic E-state index is 0.682. The smallest absolute Gasteiger partial charge is 0.213 e. The first-order chi connectivity index (χ1) is 6.29. The third kappa shape index (κ3) is 1.65. The lowest BCUT2D eigenvalue weighted by atomic mass is 10.2. The largest absolute Gasteiger partial charge is 0.478 e. The summed E-state index contributed by atoms with van der Waals surface area (Å²) in [5.41, 5.74) is 2.49. The van der Waals surface area contributed by atoms with Crippen LogP contribution in [0.5, 0.6) is 5.88 Å². The summed E-state index contributed by atoms with van der Waals surface area (Å²) in [6.45, 7) is 4.60. The molecule has 0 unspecified atom stereocenters. The summed E-state index contributed by atoms with van der Waals surface area (Å²) in [4.78, 5) is 6.67. The van der Waals surface area contributed by atoms with Gasteiger partial charge in [-0.1, -0.05) is 6.07 Å². The Morgan fingerprint density at radius 2 is 2.31 bits per heavy atom. The number of aromatic nitrogens is 1. The molecule has 0 amide bonds. The Morgan fingerprint density at radius 3 is 3.08 bits per heavy atom.